The monoisotopic (exact) mass is 272 g/mol. The summed E-state index contributed by atoms with van der Waals surface area (Å²) in [6.45, 7) is 3.61. The summed E-state index contributed by atoms with van der Waals surface area (Å²) in [5, 5.41) is 9.61. The van der Waals surface area contributed by atoms with Gasteiger partial charge < -0.3 is 5.11 Å². The van der Waals surface area contributed by atoms with E-state index in [2.05, 4.69) is 4.18 Å². The quantitative estimate of drug-likeness (QED) is 0.810. The van der Waals surface area contributed by atoms with Crippen LogP contribution in [0, 0.1) is 6.92 Å². The Bertz CT molecular complexity index is 528. The number of hydrogen-bond donors (Lipinski definition) is 1. The van der Waals surface area contributed by atoms with Crippen molar-refractivity contribution < 1.29 is 22.5 Å². The van der Waals surface area contributed by atoms with Gasteiger partial charge in [-0.1, -0.05) is 17.7 Å². The first-order valence-electron chi connectivity index (χ1n) is 5.35. The molecule has 1 N–H and O–H groups in total. The molecule has 0 fully saturated rings. The van der Waals surface area contributed by atoms with Crippen LogP contribution < -0.4 is 0 Å². The Balaban J connectivity index is 2.84. The number of aliphatic hydroxyl groups is 1. The first kappa shape index (κ1) is 14.8. The minimum Gasteiger partial charge on any atom is -0.380 e. The summed E-state index contributed by atoms with van der Waals surface area (Å²) in [5.41, 5.74) is -0.887. The molecule has 0 aliphatic carbocycles. The molecular formula is C12H16O5S. The van der Waals surface area contributed by atoms with Crippen molar-refractivity contribution >= 4 is 15.9 Å². The highest BCUT2D eigenvalue weighted by Gasteiger charge is 2.29. The predicted octanol–water partition coefficient (Wildman–Crippen LogP) is 1.04. The second-order valence-electron chi connectivity index (χ2n) is 4.36. The highest BCUT2D eigenvalue weighted by atomic mass is 32.2. The normalized spacial score (nSPS) is 15.1. The van der Waals surface area contributed by atoms with Gasteiger partial charge in [-0.25, -0.2) is 0 Å². The van der Waals surface area contributed by atoms with Gasteiger partial charge >= 0.3 is 0 Å². The van der Waals surface area contributed by atoms with Gasteiger partial charge in [-0.05, 0) is 32.9 Å². The van der Waals surface area contributed by atoms with Gasteiger partial charge in [0, 0.05) is 0 Å². The summed E-state index contributed by atoms with van der Waals surface area (Å²) in [6.07, 6.45) is 0. The molecule has 100 valence electrons. The maximum Gasteiger partial charge on any atom is 0.297 e. The number of Topliss-reactive ketones (excluding diaryl/α,β-unsaturated/α-hetero) is 1. The molecule has 1 rings (SSSR count). The van der Waals surface area contributed by atoms with E-state index in [9.17, 15) is 18.3 Å². The minimum absolute atomic E-state index is 0.00699. The second-order valence-corrected chi connectivity index (χ2v) is 5.97. The third-order valence-electron chi connectivity index (χ3n) is 2.56. The Hall–Kier alpha value is -1.24. The molecule has 0 bridgehead atoms. The van der Waals surface area contributed by atoms with Crippen LogP contribution in [0.3, 0.4) is 0 Å². The van der Waals surface area contributed by atoms with Crippen LogP contribution in [-0.4, -0.2) is 31.5 Å². The molecule has 1 atom stereocenters. The molecule has 0 saturated heterocycles. The van der Waals surface area contributed by atoms with Crippen LogP contribution in [0.2, 0.25) is 0 Å². The van der Waals surface area contributed by atoms with E-state index in [0.717, 1.165) is 5.56 Å². The maximum absolute atomic E-state index is 11.8. The molecule has 1 aromatic rings. The van der Waals surface area contributed by atoms with Gasteiger partial charge in [-0.3, -0.25) is 8.98 Å². The number of aryl methyl sites for hydroxylation is 1. The SMILES string of the molecule is CC(=O)C(C)(O)COS(=O)(=O)c1ccc(C)cc1. The zero-order valence-electron chi connectivity index (χ0n) is 10.5. The lowest BCUT2D eigenvalue weighted by molar-refractivity contribution is -0.135. The standard InChI is InChI=1S/C12H16O5S/c1-9-4-6-11(7-5-9)18(15,16)17-8-12(3,14)10(2)13/h4-7,14H,8H2,1-3H3. The molecule has 0 heterocycles. The summed E-state index contributed by atoms with van der Waals surface area (Å²) < 4.78 is 28.2. The number of benzene rings is 1. The van der Waals surface area contributed by atoms with Crippen molar-refractivity contribution in [1.29, 1.82) is 0 Å². The van der Waals surface area contributed by atoms with Crippen LogP contribution in [0.25, 0.3) is 0 Å². The van der Waals surface area contributed by atoms with E-state index in [-0.39, 0.29) is 4.90 Å². The largest absolute Gasteiger partial charge is 0.380 e. The number of rotatable bonds is 5. The smallest absolute Gasteiger partial charge is 0.297 e. The van der Waals surface area contributed by atoms with Gasteiger partial charge in [0.15, 0.2) is 5.78 Å². The van der Waals surface area contributed by atoms with Gasteiger partial charge in [-0.2, -0.15) is 8.42 Å². The molecule has 0 aliphatic rings. The first-order chi connectivity index (χ1) is 8.15. The van der Waals surface area contributed by atoms with E-state index in [1.165, 1.54) is 26.0 Å². The molecule has 0 radical (unpaired) electrons. The van der Waals surface area contributed by atoms with Crippen molar-refractivity contribution in [3.63, 3.8) is 0 Å². The van der Waals surface area contributed by atoms with Crippen molar-refractivity contribution in [2.45, 2.75) is 31.3 Å². The molecule has 0 amide bonds. The third kappa shape index (κ3) is 3.63. The summed E-state index contributed by atoms with van der Waals surface area (Å²) in [7, 11) is -3.96. The van der Waals surface area contributed by atoms with Crippen LogP contribution in [-0.2, 0) is 19.1 Å². The molecule has 0 saturated carbocycles. The Morgan fingerprint density at radius 2 is 1.83 bits per heavy atom. The summed E-state index contributed by atoms with van der Waals surface area (Å²) >= 11 is 0. The van der Waals surface area contributed by atoms with E-state index in [0.29, 0.717) is 0 Å². The van der Waals surface area contributed by atoms with Crippen LogP contribution in [0.15, 0.2) is 29.2 Å². The average Bonchev–Trinajstić information content (AvgIpc) is 2.27. The molecule has 0 aliphatic heterocycles. The average molecular weight is 272 g/mol. The van der Waals surface area contributed by atoms with Crippen molar-refractivity contribution in [3.8, 4) is 0 Å². The number of carbonyl (C=O) groups is 1. The fraction of sp³-hybridized carbons (Fsp3) is 0.417. The Morgan fingerprint density at radius 1 is 1.33 bits per heavy atom. The van der Waals surface area contributed by atoms with Crippen LogP contribution in [0.4, 0.5) is 0 Å². The lowest BCUT2D eigenvalue weighted by Crippen LogP contribution is -2.39. The minimum atomic E-state index is -3.96. The number of hydrogen-bond acceptors (Lipinski definition) is 5. The fourth-order valence-electron chi connectivity index (χ4n) is 1.07. The van der Waals surface area contributed by atoms with Gasteiger partial charge in [0.1, 0.15) is 12.2 Å². The molecule has 1 unspecified atom stereocenters. The number of ketones is 1. The highest BCUT2D eigenvalue weighted by Crippen LogP contribution is 2.16. The van der Waals surface area contributed by atoms with E-state index in [4.69, 9.17) is 0 Å². The van der Waals surface area contributed by atoms with Crippen molar-refractivity contribution in [2.24, 2.45) is 0 Å². The fourth-order valence-corrected chi connectivity index (χ4v) is 2.06. The van der Waals surface area contributed by atoms with Crippen molar-refractivity contribution in [3.05, 3.63) is 29.8 Å². The molecule has 0 spiro atoms. The summed E-state index contributed by atoms with van der Waals surface area (Å²) in [4.78, 5) is 11.0. The Morgan fingerprint density at radius 3 is 2.28 bits per heavy atom. The van der Waals surface area contributed by atoms with Crippen LogP contribution in [0.5, 0.6) is 0 Å². The summed E-state index contributed by atoms with van der Waals surface area (Å²) in [5.74, 6) is -0.554. The van der Waals surface area contributed by atoms with E-state index < -0.39 is 28.1 Å². The Kier molecular flexibility index (Phi) is 4.26. The molecular weight excluding hydrogens is 256 g/mol. The van der Waals surface area contributed by atoms with Gasteiger partial charge in [0.2, 0.25) is 0 Å². The molecule has 1 aromatic carbocycles. The predicted molar refractivity (Wildman–Crippen MR) is 65.6 cm³/mol. The molecule has 18 heavy (non-hydrogen) atoms. The molecule has 0 aromatic heterocycles. The Labute approximate surface area is 107 Å². The van der Waals surface area contributed by atoms with Gasteiger partial charge in [0.25, 0.3) is 10.1 Å². The van der Waals surface area contributed by atoms with E-state index in [1.807, 2.05) is 6.92 Å². The first-order valence-corrected chi connectivity index (χ1v) is 6.75. The molecule has 6 heteroatoms. The third-order valence-corrected chi connectivity index (χ3v) is 3.84. The zero-order valence-corrected chi connectivity index (χ0v) is 11.3. The van der Waals surface area contributed by atoms with E-state index in [1.54, 1.807) is 12.1 Å². The van der Waals surface area contributed by atoms with Gasteiger partial charge in [-0.15, -0.1) is 0 Å². The summed E-state index contributed by atoms with van der Waals surface area (Å²) in [6, 6.07) is 6.10. The lowest BCUT2D eigenvalue weighted by Gasteiger charge is -2.19. The zero-order chi connectivity index (χ0) is 14.0. The molecule has 5 nitrogen and oxygen atoms in total. The van der Waals surface area contributed by atoms with Gasteiger partial charge in [0.05, 0.1) is 4.90 Å². The van der Waals surface area contributed by atoms with Crippen LogP contribution in [0.1, 0.15) is 19.4 Å². The van der Waals surface area contributed by atoms with Crippen molar-refractivity contribution in [1.82, 2.24) is 0 Å². The maximum atomic E-state index is 11.8. The second kappa shape index (κ2) is 5.17. The van der Waals surface area contributed by atoms with E-state index >= 15 is 0 Å². The number of carbonyl (C=O) groups excluding carboxylic acids is 1. The highest BCUT2D eigenvalue weighted by molar-refractivity contribution is 7.86. The van der Waals surface area contributed by atoms with Crippen LogP contribution >= 0.6 is 0 Å². The lowest BCUT2D eigenvalue weighted by atomic mass is 10.0. The topological polar surface area (TPSA) is 80.7 Å². The van der Waals surface area contributed by atoms with Crippen molar-refractivity contribution in [2.75, 3.05) is 6.61 Å².